The first kappa shape index (κ1) is 19.7. The van der Waals surface area contributed by atoms with Crippen LogP contribution in [0.2, 0.25) is 0 Å². The molecule has 0 aromatic heterocycles. The minimum Gasteiger partial charge on any atom is -0.492 e. The average Bonchev–Trinajstić information content (AvgIpc) is 2.76. The standard InChI is InChI=1S/C25H26N2O/c1-3-27(4-2)16-17-28-24-14-12-20(13-15-24)23(19-26)18-22-10-7-9-21-8-5-6-11-25(21)22/h5-15,18H,3-4,16-17H2,1-2H3/b23-18-. The lowest BCUT2D eigenvalue weighted by molar-refractivity contribution is 0.223. The fourth-order valence-electron chi connectivity index (χ4n) is 3.28. The van der Waals surface area contributed by atoms with Crippen molar-refractivity contribution in [1.82, 2.24) is 4.90 Å². The smallest absolute Gasteiger partial charge is 0.119 e. The second kappa shape index (κ2) is 9.73. The third kappa shape index (κ3) is 4.79. The number of hydrogen-bond acceptors (Lipinski definition) is 3. The number of hydrogen-bond donors (Lipinski definition) is 0. The van der Waals surface area contributed by atoms with E-state index in [-0.39, 0.29) is 0 Å². The highest BCUT2D eigenvalue weighted by molar-refractivity contribution is 5.98. The largest absolute Gasteiger partial charge is 0.492 e. The van der Waals surface area contributed by atoms with Crippen molar-refractivity contribution in [2.24, 2.45) is 0 Å². The zero-order valence-corrected chi connectivity index (χ0v) is 16.6. The van der Waals surface area contributed by atoms with Crippen LogP contribution < -0.4 is 4.74 Å². The molecule has 3 aromatic carbocycles. The number of nitrogens with zero attached hydrogens (tertiary/aromatic N) is 2. The number of fused-ring (bicyclic) bond motifs is 1. The van der Waals surface area contributed by atoms with Crippen LogP contribution in [0.15, 0.2) is 66.7 Å². The van der Waals surface area contributed by atoms with Gasteiger partial charge in [-0.2, -0.15) is 5.26 Å². The Morgan fingerprint density at radius 2 is 1.68 bits per heavy atom. The maximum atomic E-state index is 9.68. The van der Waals surface area contributed by atoms with Crippen LogP contribution in [0.5, 0.6) is 5.75 Å². The molecule has 0 saturated carbocycles. The van der Waals surface area contributed by atoms with Gasteiger partial charge in [-0.3, -0.25) is 0 Å². The van der Waals surface area contributed by atoms with Crippen molar-refractivity contribution < 1.29 is 4.74 Å². The molecule has 0 heterocycles. The van der Waals surface area contributed by atoms with Gasteiger partial charge in [-0.05, 0) is 65.3 Å². The van der Waals surface area contributed by atoms with Gasteiger partial charge in [0.2, 0.25) is 0 Å². The van der Waals surface area contributed by atoms with Crippen LogP contribution in [0.3, 0.4) is 0 Å². The van der Waals surface area contributed by atoms with E-state index in [1.165, 1.54) is 5.39 Å². The van der Waals surface area contributed by atoms with E-state index >= 15 is 0 Å². The zero-order valence-electron chi connectivity index (χ0n) is 16.6. The van der Waals surface area contributed by atoms with Gasteiger partial charge >= 0.3 is 0 Å². The van der Waals surface area contributed by atoms with Gasteiger partial charge in [0.15, 0.2) is 0 Å². The topological polar surface area (TPSA) is 36.3 Å². The molecule has 0 saturated heterocycles. The summed E-state index contributed by atoms with van der Waals surface area (Å²) in [7, 11) is 0. The van der Waals surface area contributed by atoms with Gasteiger partial charge in [-0.1, -0.05) is 56.3 Å². The van der Waals surface area contributed by atoms with Crippen molar-refractivity contribution >= 4 is 22.4 Å². The monoisotopic (exact) mass is 370 g/mol. The van der Waals surface area contributed by atoms with E-state index in [4.69, 9.17) is 4.74 Å². The Bertz CT molecular complexity index is 974. The Hall–Kier alpha value is -3.09. The molecule has 28 heavy (non-hydrogen) atoms. The van der Waals surface area contributed by atoms with Crippen LogP contribution >= 0.6 is 0 Å². The molecule has 0 aliphatic carbocycles. The molecule has 0 spiro atoms. The lowest BCUT2D eigenvalue weighted by Crippen LogP contribution is -2.27. The van der Waals surface area contributed by atoms with E-state index < -0.39 is 0 Å². The van der Waals surface area contributed by atoms with Gasteiger partial charge in [-0.25, -0.2) is 0 Å². The normalized spacial score (nSPS) is 11.6. The SMILES string of the molecule is CCN(CC)CCOc1ccc(/C(C#N)=C\c2cccc3ccccc23)cc1. The van der Waals surface area contributed by atoms with Crippen LogP contribution in [0, 0.1) is 11.3 Å². The Kier molecular flexibility index (Phi) is 6.84. The summed E-state index contributed by atoms with van der Waals surface area (Å²) in [5, 5.41) is 12.0. The van der Waals surface area contributed by atoms with Crippen molar-refractivity contribution in [2.75, 3.05) is 26.2 Å². The molecule has 0 bridgehead atoms. The van der Waals surface area contributed by atoms with Crippen LogP contribution in [-0.4, -0.2) is 31.1 Å². The zero-order chi connectivity index (χ0) is 19.8. The number of likely N-dealkylation sites (N-methyl/N-ethyl adjacent to an activating group) is 1. The van der Waals surface area contributed by atoms with Crippen molar-refractivity contribution in [2.45, 2.75) is 13.8 Å². The van der Waals surface area contributed by atoms with Crippen LogP contribution in [-0.2, 0) is 0 Å². The summed E-state index contributed by atoms with van der Waals surface area (Å²) < 4.78 is 5.84. The molecule has 3 heteroatoms. The lowest BCUT2D eigenvalue weighted by atomic mass is 9.99. The van der Waals surface area contributed by atoms with Gasteiger partial charge in [0, 0.05) is 6.54 Å². The Morgan fingerprint density at radius 1 is 0.964 bits per heavy atom. The molecule has 0 amide bonds. The summed E-state index contributed by atoms with van der Waals surface area (Å²) in [5.74, 6) is 0.832. The number of allylic oxidation sites excluding steroid dienone is 1. The molecular weight excluding hydrogens is 344 g/mol. The fourth-order valence-corrected chi connectivity index (χ4v) is 3.28. The predicted octanol–water partition coefficient (Wildman–Crippen LogP) is 5.62. The Balaban J connectivity index is 1.76. The van der Waals surface area contributed by atoms with E-state index in [0.717, 1.165) is 41.9 Å². The quantitative estimate of drug-likeness (QED) is 0.381. The molecule has 0 N–H and O–H groups in total. The average molecular weight is 370 g/mol. The van der Waals surface area contributed by atoms with Crippen LogP contribution in [0.25, 0.3) is 22.4 Å². The van der Waals surface area contributed by atoms with Gasteiger partial charge in [0.05, 0.1) is 11.6 Å². The molecular formula is C25H26N2O. The van der Waals surface area contributed by atoms with Gasteiger partial charge in [-0.15, -0.1) is 0 Å². The fraction of sp³-hybridized carbons (Fsp3) is 0.240. The van der Waals surface area contributed by atoms with Crippen LogP contribution in [0.4, 0.5) is 0 Å². The second-order valence-electron chi connectivity index (χ2n) is 6.64. The predicted molar refractivity (Wildman–Crippen MR) is 117 cm³/mol. The van der Waals surface area contributed by atoms with Crippen molar-refractivity contribution in [1.29, 1.82) is 5.26 Å². The first-order chi connectivity index (χ1) is 13.7. The number of ether oxygens (including phenoxy) is 1. The maximum absolute atomic E-state index is 9.68. The Labute approximate surface area is 167 Å². The van der Waals surface area contributed by atoms with E-state index in [1.807, 2.05) is 54.6 Å². The summed E-state index contributed by atoms with van der Waals surface area (Å²) in [4.78, 5) is 2.33. The van der Waals surface area contributed by atoms with E-state index in [9.17, 15) is 5.26 Å². The number of benzene rings is 3. The van der Waals surface area contributed by atoms with Crippen molar-refractivity contribution in [3.8, 4) is 11.8 Å². The summed E-state index contributed by atoms with van der Waals surface area (Å²) in [6.07, 6.45) is 1.96. The van der Waals surface area contributed by atoms with Crippen molar-refractivity contribution in [3.63, 3.8) is 0 Å². The molecule has 142 valence electrons. The highest BCUT2D eigenvalue weighted by Gasteiger charge is 2.05. The molecule has 0 radical (unpaired) electrons. The van der Waals surface area contributed by atoms with Gasteiger partial charge in [0.25, 0.3) is 0 Å². The first-order valence-electron chi connectivity index (χ1n) is 9.80. The maximum Gasteiger partial charge on any atom is 0.119 e. The highest BCUT2D eigenvalue weighted by Crippen LogP contribution is 2.25. The third-order valence-electron chi connectivity index (χ3n) is 4.98. The molecule has 0 fully saturated rings. The Morgan fingerprint density at radius 3 is 2.39 bits per heavy atom. The summed E-state index contributed by atoms with van der Waals surface area (Å²) in [6.45, 7) is 7.96. The number of nitriles is 1. The minimum absolute atomic E-state index is 0.644. The third-order valence-corrected chi connectivity index (χ3v) is 4.98. The van der Waals surface area contributed by atoms with Crippen LogP contribution in [0.1, 0.15) is 25.0 Å². The minimum atomic E-state index is 0.644. The molecule has 0 aliphatic heterocycles. The summed E-state index contributed by atoms with van der Waals surface area (Å²) in [5.41, 5.74) is 2.59. The lowest BCUT2D eigenvalue weighted by Gasteiger charge is -2.18. The first-order valence-corrected chi connectivity index (χ1v) is 9.80. The molecule has 3 nitrogen and oxygen atoms in total. The second-order valence-corrected chi connectivity index (χ2v) is 6.64. The molecule has 0 atom stereocenters. The summed E-state index contributed by atoms with van der Waals surface area (Å²) >= 11 is 0. The van der Waals surface area contributed by atoms with Crippen molar-refractivity contribution in [3.05, 3.63) is 77.9 Å². The van der Waals surface area contributed by atoms with Gasteiger partial charge in [0.1, 0.15) is 12.4 Å². The highest BCUT2D eigenvalue weighted by atomic mass is 16.5. The van der Waals surface area contributed by atoms with E-state index in [0.29, 0.717) is 12.2 Å². The summed E-state index contributed by atoms with van der Waals surface area (Å²) in [6, 6.07) is 24.5. The molecule has 0 aliphatic rings. The van der Waals surface area contributed by atoms with E-state index in [2.05, 4.69) is 43.0 Å². The van der Waals surface area contributed by atoms with E-state index in [1.54, 1.807) is 0 Å². The molecule has 3 rings (SSSR count). The molecule has 3 aromatic rings. The number of rotatable bonds is 8. The molecule has 0 unspecified atom stereocenters. The van der Waals surface area contributed by atoms with Gasteiger partial charge < -0.3 is 9.64 Å².